The van der Waals surface area contributed by atoms with Crippen LogP contribution in [-0.2, 0) is 6.61 Å². The van der Waals surface area contributed by atoms with Crippen molar-refractivity contribution in [3.05, 3.63) is 63.2 Å². The first-order valence-electron chi connectivity index (χ1n) is 7.50. The van der Waals surface area contributed by atoms with Crippen molar-refractivity contribution >= 4 is 29.3 Å². The van der Waals surface area contributed by atoms with Gasteiger partial charge in [0.15, 0.2) is 5.76 Å². The largest absolute Gasteiger partial charge is 0.482 e. The first-order valence-corrected chi connectivity index (χ1v) is 9.04. The van der Waals surface area contributed by atoms with Gasteiger partial charge in [-0.25, -0.2) is 0 Å². The molecule has 1 aliphatic rings. The summed E-state index contributed by atoms with van der Waals surface area (Å²) in [6.45, 7) is 1.56. The van der Waals surface area contributed by atoms with Crippen LogP contribution in [-0.4, -0.2) is 35.4 Å². The number of benzene rings is 1. The van der Waals surface area contributed by atoms with Crippen LogP contribution in [0.5, 0.6) is 5.75 Å². The number of thioether (sulfide) groups is 1. The standard InChI is InChI=1S/C17H16ClNO4S/c18-13-3-1-12(2-4-13)10-22-16-11-23-15(9-14(16)20)17(21)19-5-7-24-8-6-19/h1-4,9,11H,5-8,10H2. The molecular formula is C17H16ClNO4S. The highest BCUT2D eigenvalue weighted by atomic mass is 35.5. The highest BCUT2D eigenvalue weighted by molar-refractivity contribution is 7.99. The van der Waals surface area contributed by atoms with E-state index in [1.165, 1.54) is 12.3 Å². The third-order valence-corrected chi connectivity index (χ3v) is 4.81. The molecule has 5 nitrogen and oxygen atoms in total. The molecule has 0 spiro atoms. The molecule has 2 heterocycles. The molecule has 1 aromatic carbocycles. The normalized spacial score (nSPS) is 14.5. The summed E-state index contributed by atoms with van der Waals surface area (Å²) in [6.07, 6.45) is 1.20. The predicted molar refractivity (Wildman–Crippen MR) is 94.0 cm³/mol. The smallest absolute Gasteiger partial charge is 0.289 e. The predicted octanol–water partition coefficient (Wildman–Crippen LogP) is 3.06. The van der Waals surface area contributed by atoms with E-state index in [9.17, 15) is 9.59 Å². The van der Waals surface area contributed by atoms with Gasteiger partial charge in [0.25, 0.3) is 5.91 Å². The van der Waals surface area contributed by atoms with Crippen molar-refractivity contribution in [2.24, 2.45) is 0 Å². The Labute approximate surface area is 148 Å². The lowest BCUT2D eigenvalue weighted by Crippen LogP contribution is -2.38. The molecule has 126 valence electrons. The van der Waals surface area contributed by atoms with Crippen LogP contribution >= 0.6 is 23.4 Å². The van der Waals surface area contributed by atoms with Crippen LogP contribution in [0.3, 0.4) is 0 Å². The Morgan fingerprint density at radius 3 is 2.62 bits per heavy atom. The van der Waals surface area contributed by atoms with Crippen molar-refractivity contribution in [2.75, 3.05) is 24.6 Å². The van der Waals surface area contributed by atoms with Crippen LogP contribution in [0.1, 0.15) is 16.1 Å². The maximum Gasteiger partial charge on any atom is 0.289 e. The highest BCUT2D eigenvalue weighted by Crippen LogP contribution is 2.15. The van der Waals surface area contributed by atoms with E-state index in [4.69, 9.17) is 20.8 Å². The topological polar surface area (TPSA) is 59.8 Å². The first-order chi connectivity index (χ1) is 11.6. The summed E-state index contributed by atoms with van der Waals surface area (Å²) in [5.41, 5.74) is 0.509. The van der Waals surface area contributed by atoms with E-state index in [1.54, 1.807) is 17.0 Å². The van der Waals surface area contributed by atoms with Gasteiger partial charge in [0.05, 0.1) is 0 Å². The van der Waals surface area contributed by atoms with Crippen molar-refractivity contribution in [3.8, 4) is 5.75 Å². The quantitative estimate of drug-likeness (QED) is 0.833. The molecule has 2 aromatic rings. The van der Waals surface area contributed by atoms with Gasteiger partial charge in [-0.15, -0.1) is 0 Å². The number of hydrogen-bond acceptors (Lipinski definition) is 5. The van der Waals surface area contributed by atoms with E-state index in [-0.39, 0.29) is 29.5 Å². The molecule has 0 atom stereocenters. The SMILES string of the molecule is O=C(c1cc(=O)c(OCc2ccc(Cl)cc2)co1)N1CCSCC1. The average molecular weight is 366 g/mol. The molecule has 0 aliphatic carbocycles. The number of nitrogens with zero attached hydrogens (tertiary/aromatic N) is 1. The zero-order valence-electron chi connectivity index (χ0n) is 12.9. The Morgan fingerprint density at radius 1 is 1.25 bits per heavy atom. The minimum atomic E-state index is -0.370. The minimum Gasteiger partial charge on any atom is -0.482 e. The van der Waals surface area contributed by atoms with Crippen LogP contribution < -0.4 is 10.2 Å². The molecule has 1 aromatic heterocycles. The van der Waals surface area contributed by atoms with Crippen LogP contribution in [0.4, 0.5) is 0 Å². The van der Waals surface area contributed by atoms with Gasteiger partial charge in [-0.3, -0.25) is 9.59 Å². The lowest BCUT2D eigenvalue weighted by molar-refractivity contribution is 0.0736. The summed E-state index contributed by atoms with van der Waals surface area (Å²) in [7, 11) is 0. The van der Waals surface area contributed by atoms with Crippen LogP contribution in [0.15, 0.2) is 45.8 Å². The lowest BCUT2D eigenvalue weighted by Gasteiger charge is -2.25. The fourth-order valence-electron chi connectivity index (χ4n) is 2.28. The van der Waals surface area contributed by atoms with E-state index in [0.29, 0.717) is 18.1 Å². The lowest BCUT2D eigenvalue weighted by atomic mass is 10.2. The van der Waals surface area contributed by atoms with Crippen molar-refractivity contribution in [3.63, 3.8) is 0 Å². The van der Waals surface area contributed by atoms with Gasteiger partial charge in [-0.2, -0.15) is 11.8 Å². The summed E-state index contributed by atoms with van der Waals surface area (Å²) in [4.78, 5) is 26.1. The van der Waals surface area contributed by atoms with Crippen LogP contribution in [0.25, 0.3) is 0 Å². The van der Waals surface area contributed by atoms with E-state index in [1.807, 2.05) is 23.9 Å². The molecule has 1 amide bonds. The number of ether oxygens (including phenoxy) is 1. The molecule has 0 N–H and O–H groups in total. The molecule has 1 fully saturated rings. The van der Waals surface area contributed by atoms with E-state index >= 15 is 0 Å². The van der Waals surface area contributed by atoms with Gasteiger partial charge >= 0.3 is 0 Å². The van der Waals surface area contributed by atoms with E-state index in [2.05, 4.69) is 0 Å². The molecule has 1 saturated heterocycles. The Bertz CT molecular complexity index is 769. The van der Waals surface area contributed by atoms with Gasteiger partial charge in [0, 0.05) is 35.7 Å². The van der Waals surface area contributed by atoms with Gasteiger partial charge in [-0.05, 0) is 17.7 Å². The maximum atomic E-state index is 12.3. The molecule has 0 bridgehead atoms. The molecule has 7 heteroatoms. The van der Waals surface area contributed by atoms with E-state index < -0.39 is 0 Å². The molecule has 1 aliphatic heterocycles. The maximum absolute atomic E-state index is 12.3. The molecule has 0 unspecified atom stereocenters. The summed E-state index contributed by atoms with van der Waals surface area (Å²) < 4.78 is 10.8. The average Bonchev–Trinajstić information content (AvgIpc) is 2.62. The minimum absolute atomic E-state index is 0.0470. The van der Waals surface area contributed by atoms with Crippen molar-refractivity contribution in [1.29, 1.82) is 0 Å². The zero-order valence-corrected chi connectivity index (χ0v) is 14.4. The van der Waals surface area contributed by atoms with Gasteiger partial charge in [-0.1, -0.05) is 23.7 Å². The fraction of sp³-hybridized carbons (Fsp3) is 0.294. The highest BCUT2D eigenvalue weighted by Gasteiger charge is 2.21. The zero-order chi connectivity index (χ0) is 16.9. The third kappa shape index (κ3) is 4.13. The van der Waals surface area contributed by atoms with Gasteiger partial charge < -0.3 is 14.1 Å². The monoisotopic (exact) mass is 365 g/mol. The summed E-state index contributed by atoms with van der Waals surface area (Å²) in [6, 6.07) is 8.33. The Morgan fingerprint density at radius 2 is 1.96 bits per heavy atom. The number of rotatable bonds is 4. The second-order valence-electron chi connectivity index (χ2n) is 5.29. The second kappa shape index (κ2) is 7.77. The van der Waals surface area contributed by atoms with Crippen molar-refractivity contribution in [1.82, 2.24) is 4.90 Å². The molecule has 24 heavy (non-hydrogen) atoms. The van der Waals surface area contributed by atoms with Crippen LogP contribution in [0, 0.1) is 0 Å². The summed E-state index contributed by atoms with van der Waals surface area (Å²) >= 11 is 7.63. The Kier molecular flexibility index (Phi) is 5.48. The van der Waals surface area contributed by atoms with Crippen molar-refractivity contribution < 1.29 is 13.9 Å². The number of amides is 1. The fourth-order valence-corrected chi connectivity index (χ4v) is 3.31. The second-order valence-corrected chi connectivity index (χ2v) is 6.95. The Hall–Kier alpha value is -1.92. The number of carbonyl (C=O) groups excluding carboxylic acids is 1. The number of carbonyl (C=O) groups is 1. The van der Waals surface area contributed by atoms with Crippen LogP contribution in [0.2, 0.25) is 5.02 Å². The molecule has 0 radical (unpaired) electrons. The molecular weight excluding hydrogens is 350 g/mol. The summed E-state index contributed by atoms with van der Waals surface area (Å²) in [5, 5.41) is 0.636. The summed E-state index contributed by atoms with van der Waals surface area (Å²) in [5.74, 6) is 1.68. The molecule has 3 rings (SSSR count). The van der Waals surface area contributed by atoms with Gasteiger partial charge in [0.1, 0.15) is 12.9 Å². The van der Waals surface area contributed by atoms with E-state index in [0.717, 1.165) is 17.1 Å². The first kappa shape index (κ1) is 16.9. The molecule has 0 saturated carbocycles. The number of hydrogen-bond donors (Lipinski definition) is 0. The van der Waals surface area contributed by atoms with Crippen molar-refractivity contribution in [2.45, 2.75) is 6.61 Å². The van der Waals surface area contributed by atoms with Gasteiger partial charge in [0.2, 0.25) is 11.2 Å². The Balaban J connectivity index is 1.66. The number of halogens is 1. The third-order valence-electron chi connectivity index (χ3n) is 3.61.